The van der Waals surface area contributed by atoms with Crippen molar-refractivity contribution < 1.29 is 0 Å². The van der Waals surface area contributed by atoms with E-state index in [9.17, 15) is 0 Å². The van der Waals surface area contributed by atoms with Crippen molar-refractivity contribution in [3.05, 3.63) is 30.3 Å². The lowest BCUT2D eigenvalue weighted by Crippen LogP contribution is -2.54. The molecule has 1 N–H and O–H groups in total. The lowest BCUT2D eigenvalue weighted by Gasteiger charge is -2.47. The van der Waals surface area contributed by atoms with E-state index in [0.29, 0.717) is 5.95 Å². The van der Waals surface area contributed by atoms with Gasteiger partial charge < -0.3 is 10.2 Å². The third-order valence-electron chi connectivity index (χ3n) is 4.28. The molecule has 1 heterocycles. The number of benzene rings is 1. The van der Waals surface area contributed by atoms with Crippen molar-refractivity contribution in [1.82, 2.24) is 25.1 Å². The SMILES string of the molecule is CN(C)C1(CNc2nnnn2-c2ccccc2)CCC1. The standard InChI is InChI=1S/C14H20N6/c1-19(2)14(9-6-10-14)11-15-13-16-17-18-20(13)12-7-4-3-5-8-12/h3-5,7-8H,6,9-11H2,1-2H3,(H,15,16,18). The summed E-state index contributed by atoms with van der Waals surface area (Å²) in [7, 11) is 4.28. The molecule has 1 saturated carbocycles. The molecule has 3 rings (SSSR count). The minimum atomic E-state index is 0.244. The predicted octanol–water partition coefficient (Wildman–Crippen LogP) is 1.56. The van der Waals surface area contributed by atoms with Gasteiger partial charge in [-0.3, -0.25) is 0 Å². The second kappa shape index (κ2) is 5.20. The normalized spacial score (nSPS) is 16.9. The van der Waals surface area contributed by atoms with Crippen molar-refractivity contribution in [3.8, 4) is 5.69 Å². The summed E-state index contributed by atoms with van der Waals surface area (Å²) in [6.07, 6.45) is 3.74. The highest BCUT2D eigenvalue weighted by molar-refractivity contribution is 5.38. The zero-order chi connectivity index (χ0) is 14.0. The molecule has 6 nitrogen and oxygen atoms in total. The largest absolute Gasteiger partial charge is 0.351 e. The highest BCUT2D eigenvalue weighted by atomic mass is 15.6. The number of aromatic nitrogens is 4. The maximum atomic E-state index is 4.09. The summed E-state index contributed by atoms with van der Waals surface area (Å²) in [5, 5.41) is 15.3. The fraction of sp³-hybridized carbons (Fsp3) is 0.500. The monoisotopic (exact) mass is 272 g/mol. The van der Waals surface area contributed by atoms with Gasteiger partial charge >= 0.3 is 0 Å². The van der Waals surface area contributed by atoms with Crippen LogP contribution in [0, 0.1) is 0 Å². The number of likely N-dealkylation sites (N-methyl/N-ethyl adjacent to an activating group) is 1. The molecule has 1 aromatic carbocycles. The van der Waals surface area contributed by atoms with Gasteiger partial charge in [0, 0.05) is 12.1 Å². The van der Waals surface area contributed by atoms with Gasteiger partial charge in [0.05, 0.1) is 5.69 Å². The van der Waals surface area contributed by atoms with Gasteiger partial charge in [-0.2, -0.15) is 4.68 Å². The number of para-hydroxylation sites is 1. The minimum absolute atomic E-state index is 0.244. The molecule has 20 heavy (non-hydrogen) atoms. The molecule has 0 bridgehead atoms. The zero-order valence-corrected chi connectivity index (χ0v) is 12.0. The van der Waals surface area contributed by atoms with E-state index in [4.69, 9.17) is 0 Å². The number of anilines is 1. The molecule has 1 aromatic heterocycles. The Hall–Kier alpha value is -1.95. The Kier molecular flexibility index (Phi) is 3.40. The number of hydrogen-bond acceptors (Lipinski definition) is 5. The van der Waals surface area contributed by atoms with Crippen LogP contribution in [0.2, 0.25) is 0 Å². The molecule has 0 radical (unpaired) electrons. The van der Waals surface area contributed by atoms with E-state index in [1.165, 1.54) is 19.3 Å². The van der Waals surface area contributed by atoms with E-state index in [-0.39, 0.29) is 5.54 Å². The molecule has 2 aromatic rings. The molecular formula is C14H20N6. The van der Waals surface area contributed by atoms with E-state index in [2.05, 4.69) is 39.8 Å². The van der Waals surface area contributed by atoms with Gasteiger partial charge in [-0.1, -0.05) is 23.3 Å². The Bertz CT molecular complexity index is 558. The molecule has 0 unspecified atom stereocenters. The second-order valence-corrected chi connectivity index (χ2v) is 5.58. The van der Waals surface area contributed by atoms with E-state index >= 15 is 0 Å². The van der Waals surface area contributed by atoms with E-state index in [1.54, 1.807) is 4.68 Å². The number of rotatable bonds is 5. The fourth-order valence-corrected chi connectivity index (χ4v) is 2.65. The average Bonchev–Trinajstić information content (AvgIpc) is 2.86. The highest BCUT2D eigenvalue weighted by Crippen LogP contribution is 2.36. The Balaban J connectivity index is 1.75. The predicted molar refractivity (Wildman–Crippen MR) is 77.9 cm³/mol. The van der Waals surface area contributed by atoms with Crippen molar-refractivity contribution >= 4 is 5.95 Å². The first-order chi connectivity index (χ1) is 9.71. The van der Waals surface area contributed by atoms with Gasteiger partial charge in [-0.05, 0) is 55.9 Å². The highest BCUT2D eigenvalue weighted by Gasteiger charge is 2.39. The summed E-state index contributed by atoms with van der Waals surface area (Å²) >= 11 is 0. The maximum Gasteiger partial charge on any atom is 0.247 e. The summed E-state index contributed by atoms with van der Waals surface area (Å²) in [5.41, 5.74) is 1.21. The minimum Gasteiger partial charge on any atom is -0.351 e. The Morgan fingerprint density at radius 3 is 2.60 bits per heavy atom. The van der Waals surface area contributed by atoms with Crippen LogP contribution in [0.5, 0.6) is 0 Å². The van der Waals surface area contributed by atoms with E-state index < -0.39 is 0 Å². The van der Waals surface area contributed by atoms with Crippen LogP contribution >= 0.6 is 0 Å². The first kappa shape index (κ1) is 13.1. The van der Waals surface area contributed by atoms with Crippen molar-refractivity contribution in [1.29, 1.82) is 0 Å². The van der Waals surface area contributed by atoms with Crippen molar-refractivity contribution in [3.63, 3.8) is 0 Å². The van der Waals surface area contributed by atoms with Crippen LogP contribution in [0.4, 0.5) is 5.95 Å². The van der Waals surface area contributed by atoms with Crippen LogP contribution in [0.3, 0.4) is 0 Å². The summed E-state index contributed by atoms with van der Waals surface area (Å²) in [6.45, 7) is 0.868. The Morgan fingerprint density at radius 1 is 1.25 bits per heavy atom. The van der Waals surface area contributed by atoms with Gasteiger partial charge in [-0.25, -0.2) is 0 Å². The van der Waals surface area contributed by atoms with Crippen LogP contribution < -0.4 is 5.32 Å². The second-order valence-electron chi connectivity index (χ2n) is 5.58. The van der Waals surface area contributed by atoms with Crippen LogP contribution in [-0.4, -0.2) is 51.3 Å². The van der Waals surface area contributed by atoms with Gasteiger partial charge in [0.2, 0.25) is 5.95 Å². The molecule has 0 aliphatic heterocycles. The van der Waals surface area contributed by atoms with E-state index in [0.717, 1.165) is 12.2 Å². The topological polar surface area (TPSA) is 58.9 Å². The average molecular weight is 272 g/mol. The van der Waals surface area contributed by atoms with Crippen molar-refractivity contribution in [2.75, 3.05) is 26.0 Å². The molecule has 0 amide bonds. The van der Waals surface area contributed by atoms with E-state index in [1.807, 2.05) is 30.3 Å². The molecule has 6 heteroatoms. The lowest BCUT2D eigenvalue weighted by atomic mass is 9.75. The summed E-state index contributed by atoms with van der Waals surface area (Å²) < 4.78 is 1.74. The number of nitrogens with one attached hydrogen (secondary N) is 1. The van der Waals surface area contributed by atoms with Gasteiger partial charge in [0.15, 0.2) is 0 Å². The molecule has 0 spiro atoms. The first-order valence-electron chi connectivity index (χ1n) is 6.96. The summed E-state index contributed by atoms with van der Waals surface area (Å²) in [6, 6.07) is 9.93. The molecule has 1 aliphatic carbocycles. The van der Waals surface area contributed by atoms with Crippen LogP contribution in [0.25, 0.3) is 5.69 Å². The van der Waals surface area contributed by atoms with Crippen LogP contribution in [0.1, 0.15) is 19.3 Å². The Morgan fingerprint density at radius 2 is 2.00 bits per heavy atom. The molecule has 1 fully saturated rings. The van der Waals surface area contributed by atoms with Gasteiger partial charge in [-0.15, -0.1) is 0 Å². The third kappa shape index (κ3) is 2.27. The number of tetrazole rings is 1. The van der Waals surface area contributed by atoms with Crippen LogP contribution in [0.15, 0.2) is 30.3 Å². The zero-order valence-electron chi connectivity index (χ0n) is 12.0. The third-order valence-corrected chi connectivity index (χ3v) is 4.28. The lowest BCUT2D eigenvalue weighted by molar-refractivity contribution is 0.0737. The summed E-state index contributed by atoms with van der Waals surface area (Å²) in [5.74, 6) is 0.698. The quantitative estimate of drug-likeness (QED) is 0.895. The smallest absolute Gasteiger partial charge is 0.247 e. The maximum absolute atomic E-state index is 4.09. The van der Waals surface area contributed by atoms with Gasteiger partial charge in [0.1, 0.15) is 0 Å². The molecule has 1 aliphatic rings. The molecule has 0 saturated heterocycles. The fourth-order valence-electron chi connectivity index (χ4n) is 2.65. The van der Waals surface area contributed by atoms with Crippen LogP contribution in [-0.2, 0) is 0 Å². The molecule has 0 atom stereocenters. The number of hydrogen-bond donors (Lipinski definition) is 1. The first-order valence-corrected chi connectivity index (χ1v) is 6.96. The number of nitrogens with zero attached hydrogens (tertiary/aromatic N) is 5. The Labute approximate surface area is 118 Å². The summed E-state index contributed by atoms with van der Waals surface area (Å²) in [4.78, 5) is 2.31. The van der Waals surface area contributed by atoms with Crippen molar-refractivity contribution in [2.45, 2.75) is 24.8 Å². The molecule has 106 valence electrons. The molecular weight excluding hydrogens is 252 g/mol. The van der Waals surface area contributed by atoms with Gasteiger partial charge in [0.25, 0.3) is 0 Å². The van der Waals surface area contributed by atoms with Crippen molar-refractivity contribution in [2.24, 2.45) is 0 Å².